The van der Waals surface area contributed by atoms with Gasteiger partial charge in [0.15, 0.2) is 0 Å². The second-order valence-electron chi connectivity index (χ2n) is 8.89. The summed E-state index contributed by atoms with van der Waals surface area (Å²) in [7, 11) is 0. The number of aromatic nitrogens is 2. The Kier molecular flexibility index (Phi) is 5.04. The quantitative estimate of drug-likeness (QED) is 0.469. The molecule has 1 fully saturated rings. The average molecular weight is 431 g/mol. The fourth-order valence-corrected chi connectivity index (χ4v) is 5.19. The SMILES string of the molecule is CC1CCc2cc(F)cc3nc(CN4CCC(c5cccc(C(F)(F)F)c5)CC4)n1c23. The van der Waals surface area contributed by atoms with Crippen LogP contribution in [0.15, 0.2) is 36.4 Å². The highest BCUT2D eigenvalue weighted by Gasteiger charge is 2.32. The van der Waals surface area contributed by atoms with Gasteiger partial charge in [-0.2, -0.15) is 13.2 Å². The summed E-state index contributed by atoms with van der Waals surface area (Å²) in [5, 5.41) is 0. The van der Waals surface area contributed by atoms with Gasteiger partial charge < -0.3 is 4.57 Å². The van der Waals surface area contributed by atoms with E-state index in [1.807, 2.05) is 0 Å². The first-order chi connectivity index (χ1) is 14.8. The lowest BCUT2D eigenvalue weighted by atomic mass is 9.88. The molecule has 0 spiro atoms. The lowest BCUT2D eigenvalue weighted by Crippen LogP contribution is -2.33. The van der Waals surface area contributed by atoms with Crippen molar-refractivity contribution in [2.45, 2.75) is 57.3 Å². The first-order valence-electron chi connectivity index (χ1n) is 10.9. The van der Waals surface area contributed by atoms with Gasteiger partial charge in [0.2, 0.25) is 0 Å². The number of rotatable bonds is 3. The van der Waals surface area contributed by atoms with Crippen LogP contribution in [0.4, 0.5) is 17.6 Å². The van der Waals surface area contributed by atoms with E-state index in [4.69, 9.17) is 4.98 Å². The summed E-state index contributed by atoms with van der Waals surface area (Å²) < 4.78 is 55.4. The molecular formula is C24H25F4N3. The summed E-state index contributed by atoms with van der Waals surface area (Å²) in [4.78, 5) is 7.07. The standard InChI is InChI=1S/C24H25F4N3/c1-15-5-6-18-12-20(25)13-21-23(18)31(15)22(29-21)14-30-9-7-16(8-10-30)17-3-2-4-19(11-17)24(26,27)28/h2-4,11-13,15-16H,5-10,14H2,1H3. The molecule has 164 valence electrons. The van der Waals surface area contributed by atoms with E-state index < -0.39 is 11.7 Å². The number of benzene rings is 2. The highest BCUT2D eigenvalue weighted by Crippen LogP contribution is 2.36. The third-order valence-electron chi connectivity index (χ3n) is 6.81. The number of halogens is 4. The van der Waals surface area contributed by atoms with Gasteiger partial charge in [0, 0.05) is 12.1 Å². The molecule has 0 N–H and O–H groups in total. The van der Waals surface area contributed by atoms with Crippen LogP contribution in [0, 0.1) is 5.82 Å². The van der Waals surface area contributed by atoms with Crippen LogP contribution in [-0.4, -0.2) is 27.5 Å². The molecule has 2 aliphatic heterocycles. The Bertz CT molecular complexity index is 1110. The fraction of sp³-hybridized carbons (Fsp3) is 0.458. The highest BCUT2D eigenvalue weighted by molar-refractivity contribution is 5.80. The summed E-state index contributed by atoms with van der Waals surface area (Å²) in [5.41, 5.74) is 2.98. The maximum absolute atomic E-state index is 14.0. The maximum Gasteiger partial charge on any atom is 0.416 e. The van der Waals surface area contributed by atoms with Gasteiger partial charge >= 0.3 is 6.18 Å². The van der Waals surface area contributed by atoms with Crippen LogP contribution >= 0.6 is 0 Å². The zero-order chi connectivity index (χ0) is 21.8. The van der Waals surface area contributed by atoms with Gasteiger partial charge in [0.05, 0.1) is 23.1 Å². The van der Waals surface area contributed by atoms with Crippen LogP contribution in [0.1, 0.15) is 60.7 Å². The van der Waals surface area contributed by atoms with E-state index in [1.54, 1.807) is 12.1 Å². The van der Waals surface area contributed by atoms with Gasteiger partial charge in [0.25, 0.3) is 0 Å². The predicted molar refractivity (Wildman–Crippen MR) is 111 cm³/mol. The molecule has 3 nitrogen and oxygen atoms in total. The average Bonchev–Trinajstić information content (AvgIpc) is 3.09. The fourth-order valence-electron chi connectivity index (χ4n) is 5.19. The molecule has 0 saturated carbocycles. The third kappa shape index (κ3) is 3.84. The Balaban J connectivity index is 1.32. The molecule has 0 radical (unpaired) electrons. The summed E-state index contributed by atoms with van der Waals surface area (Å²) >= 11 is 0. The van der Waals surface area contributed by atoms with Gasteiger partial charge in [-0.05, 0) is 74.9 Å². The summed E-state index contributed by atoms with van der Waals surface area (Å²) in [6, 6.07) is 9.19. The van der Waals surface area contributed by atoms with E-state index >= 15 is 0 Å². The van der Waals surface area contributed by atoms with Crippen molar-refractivity contribution >= 4 is 11.0 Å². The molecule has 1 atom stereocenters. The van der Waals surface area contributed by atoms with E-state index in [2.05, 4.69) is 16.4 Å². The molecule has 2 aromatic carbocycles. The third-order valence-corrected chi connectivity index (χ3v) is 6.81. The minimum absolute atomic E-state index is 0.135. The number of likely N-dealkylation sites (tertiary alicyclic amines) is 1. The number of piperidine rings is 1. The van der Waals surface area contributed by atoms with Crippen molar-refractivity contribution in [3.05, 3.63) is 64.7 Å². The molecule has 0 amide bonds. The van der Waals surface area contributed by atoms with Crippen molar-refractivity contribution in [2.75, 3.05) is 13.1 Å². The van der Waals surface area contributed by atoms with Crippen molar-refractivity contribution in [1.29, 1.82) is 0 Å². The van der Waals surface area contributed by atoms with Crippen LogP contribution in [0.25, 0.3) is 11.0 Å². The van der Waals surface area contributed by atoms with Gasteiger partial charge in [0.1, 0.15) is 11.6 Å². The molecule has 0 aliphatic carbocycles. The Morgan fingerprint density at radius 1 is 1.06 bits per heavy atom. The van der Waals surface area contributed by atoms with Gasteiger partial charge in [-0.1, -0.05) is 18.2 Å². The number of alkyl halides is 3. The zero-order valence-corrected chi connectivity index (χ0v) is 17.4. The van der Waals surface area contributed by atoms with Crippen LogP contribution in [0.3, 0.4) is 0 Å². The summed E-state index contributed by atoms with van der Waals surface area (Å²) in [6.45, 7) is 4.46. The molecule has 0 bridgehead atoms. The topological polar surface area (TPSA) is 21.1 Å². The van der Waals surface area contributed by atoms with E-state index in [-0.39, 0.29) is 11.7 Å². The molecule has 3 heterocycles. The Hall–Kier alpha value is -2.41. The van der Waals surface area contributed by atoms with Crippen molar-refractivity contribution in [3.8, 4) is 0 Å². The molecule has 1 aromatic heterocycles. The Labute approximate surface area is 178 Å². The molecular weight excluding hydrogens is 406 g/mol. The normalized spacial score (nSPS) is 20.5. The smallest absolute Gasteiger partial charge is 0.324 e. The molecule has 1 saturated heterocycles. The second kappa shape index (κ2) is 7.62. The first-order valence-corrected chi connectivity index (χ1v) is 10.9. The second-order valence-corrected chi connectivity index (χ2v) is 8.89. The van der Waals surface area contributed by atoms with E-state index in [0.717, 1.165) is 72.8 Å². The number of hydrogen-bond acceptors (Lipinski definition) is 2. The van der Waals surface area contributed by atoms with Crippen LogP contribution in [0.5, 0.6) is 0 Å². The lowest BCUT2D eigenvalue weighted by molar-refractivity contribution is -0.137. The number of aryl methyl sites for hydroxylation is 1. The number of hydrogen-bond donors (Lipinski definition) is 0. The minimum Gasteiger partial charge on any atom is -0.324 e. The summed E-state index contributed by atoms with van der Waals surface area (Å²) in [6.07, 6.45) is -0.848. The molecule has 3 aromatic rings. The molecule has 31 heavy (non-hydrogen) atoms. The van der Waals surface area contributed by atoms with Gasteiger partial charge in [-0.3, -0.25) is 4.90 Å². The van der Waals surface area contributed by atoms with Crippen molar-refractivity contribution < 1.29 is 17.6 Å². The molecule has 7 heteroatoms. The number of nitrogens with zero attached hydrogens (tertiary/aromatic N) is 3. The van der Waals surface area contributed by atoms with Crippen LogP contribution in [-0.2, 0) is 19.1 Å². The minimum atomic E-state index is -4.31. The molecule has 2 aliphatic rings. The maximum atomic E-state index is 14.0. The van der Waals surface area contributed by atoms with E-state index in [0.29, 0.717) is 12.6 Å². The first kappa shape index (κ1) is 20.5. The van der Waals surface area contributed by atoms with E-state index in [1.165, 1.54) is 18.2 Å². The van der Waals surface area contributed by atoms with Gasteiger partial charge in [-0.25, -0.2) is 9.37 Å². The summed E-state index contributed by atoms with van der Waals surface area (Å²) in [5.74, 6) is 0.845. The lowest BCUT2D eigenvalue weighted by Gasteiger charge is -2.33. The van der Waals surface area contributed by atoms with Gasteiger partial charge in [-0.15, -0.1) is 0 Å². The van der Waals surface area contributed by atoms with Crippen molar-refractivity contribution in [3.63, 3.8) is 0 Å². The van der Waals surface area contributed by atoms with Crippen LogP contribution < -0.4 is 0 Å². The highest BCUT2D eigenvalue weighted by atomic mass is 19.4. The van der Waals surface area contributed by atoms with Crippen LogP contribution in [0.2, 0.25) is 0 Å². The molecule has 5 rings (SSSR count). The monoisotopic (exact) mass is 431 g/mol. The van der Waals surface area contributed by atoms with E-state index in [9.17, 15) is 17.6 Å². The number of imidazole rings is 1. The Morgan fingerprint density at radius 3 is 2.58 bits per heavy atom. The predicted octanol–water partition coefficient (Wildman–Crippen LogP) is 6.08. The molecule has 1 unspecified atom stereocenters. The Morgan fingerprint density at radius 2 is 1.84 bits per heavy atom. The van der Waals surface area contributed by atoms with Crippen molar-refractivity contribution in [2.24, 2.45) is 0 Å². The van der Waals surface area contributed by atoms with Crippen molar-refractivity contribution in [1.82, 2.24) is 14.5 Å². The zero-order valence-electron chi connectivity index (χ0n) is 17.4. The largest absolute Gasteiger partial charge is 0.416 e.